The molecule has 0 aliphatic rings. The summed E-state index contributed by atoms with van der Waals surface area (Å²) < 4.78 is 10.3. The fourth-order valence-electron chi connectivity index (χ4n) is 1.75. The minimum atomic E-state index is -0.734. The van der Waals surface area contributed by atoms with Gasteiger partial charge in [0.15, 0.2) is 16.9 Å². The van der Waals surface area contributed by atoms with Crippen molar-refractivity contribution in [1.82, 2.24) is 0 Å². The van der Waals surface area contributed by atoms with E-state index in [-0.39, 0.29) is 22.4 Å². The van der Waals surface area contributed by atoms with Crippen LogP contribution in [0.25, 0.3) is 16.7 Å². The van der Waals surface area contributed by atoms with Crippen molar-refractivity contribution in [2.75, 3.05) is 7.11 Å². The number of ether oxygens (including phenoxy) is 1. The molecule has 0 unspecified atom stereocenters. The maximum atomic E-state index is 11.9. The molecule has 2 rings (SSSR count). The van der Waals surface area contributed by atoms with Gasteiger partial charge in [0.05, 0.1) is 18.4 Å². The summed E-state index contributed by atoms with van der Waals surface area (Å²) in [5, 5.41) is 18.1. The van der Waals surface area contributed by atoms with Crippen LogP contribution in [0.4, 0.5) is 0 Å². The van der Waals surface area contributed by atoms with Gasteiger partial charge in [-0.15, -0.1) is 0 Å². The number of nitriles is 2. The molecule has 1 aromatic heterocycles. The molecule has 0 saturated carbocycles. The maximum Gasteiger partial charge on any atom is 0.345 e. The molecule has 0 spiro atoms. The van der Waals surface area contributed by atoms with E-state index in [2.05, 4.69) is 0 Å². The molecule has 0 atom stereocenters. The van der Waals surface area contributed by atoms with E-state index in [0.717, 1.165) is 0 Å². The number of nitrogens with zero attached hydrogens (tertiary/aromatic N) is 2. The molecule has 0 aliphatic heterocycles. The molecule has 0 saturated heterocycles. The smallest absolute Gasteiger partial charge is 0.345 e. The van der Waals surface area contributed by atoms with Crippen LogP contribution in [0.15, 0.2) is 39.1 Å². The van der Waals surface area contributed by atoms with Crippen molar-refractivity contribution in [3.63, 3.8) is 0 Å². The van der Waals surface area contributed by atoms with Gasteiger partial charge in [-0.2, -0.15) is 10.5 Å². The van der Waals surface area contributed by atoms with Crippen LogP contribution in [0.5, 0.6) is 5.75 Å². The zero-order valence-corrected chi connectivity index (χ0v) is 10.5. The van der Waals surface area contributed by atoms with E-state index in [0.29, 0.717) is 11.1 Å². The zero-order chi connectivity index (χ0) is 14.7. The average molecular weight is 267 g/mol. The minimum absolute atomic E-state index is 0.0242. The van der Waals surface area contributed by atoms with Crippen LogP contribution >= 0.6 is 0 Å². The predicted molar refractivity (Wildman–Crippen MR) is 71.4 cm³/mol. The molecule has 0 radical (unpaired) electrons. The summed E-state index contributed by atoms with van der Waals surface area (Å²) in [6, 6.07) is 9.82. The van der Waals surface area contributed by atoms with Gasteiger partial charge >= 0.3 is 5.63 Å². The van der Waals surface area contributed by atoms with Crippen molar-refractivity contribution in [3.05, 3.63) is 45.8 Å². The summed E-state index contributed by atoms with van der Waals surface area (Å²) >= 11 is 0. The van der Waals surface area contributed by atoms with Crippen molar-refractivity contribution >= 4 is 16.7 Å². The number of rotatable bonds is 2. The van der Waals surface area contributed by atoms with Crippen molar-refractivity contribution in [3.8, 4) is 17.9 Å². The second kappa shape index (κ2) is 5.17. The van der Waals surface area contributed by atoms with Gasteiger partial charge in [0.2, 0.25) is 0 Å². The lowest BCUT2D eigenvalue weighted by atomic mass is 10.1. The Bertz CT molecular complexity index is 835. The fraction of sp³-hybridized carbons (Fsp3) is 0.0714. The van der Waals surface area contributed by atoms with E-state index < -0.39 is 5.63 Å². The number of hydrogen-bond donors (Lipinski definition) is 1. The summed E-state index contributed by atoms with van der Waals surface area (Å²) in [7, 11) is 1.46. The second-order valence-corrected chi connectivity index (χ2v) is 3.84. The van der Waals surface area contributed by atoms with Crippen LogP contribution < -0.4 is 16.1 Å². The van der Waals surface area contributed by atoms with Crippen molar-refractivity contribution in [2.45, 2.75) is 0 Å². The summed E-state index contributed by atoms with van der Waals surface area (Å²) in [5.74, 6) is 0.412. The molecule has 20 heavy (non-hydrogen) atoms. The van der Waals surface area contributed by atoms with Crippen molar-refractivity contribution < 1.29 is 9.15 Å². The molecule has 2 N–H and O–H groups in total. The molecular weight excluding hydrogens is 258 g/mol. The number of benzene rings is 1. The third-order valence-corrected chi connectivity index (χ3v) is 2.73. The van der Waals surface area contributed by atoms with E-state index in [4.69, 9.17) is 25.4 Å². The highest BCUT2D eigenvalue weighted by atomic mass is 16.5. The molecule has 1 aromatic carbocycles. The van der Waals surface area contributed by atoms with E-state index in [9.17, 15) is 4.79 Å². The van der Waals surface area contributed by atoms with E-state index >= 15 is 0 Å². The largest absolute Gasteiger partial charge is 0.493 e. The summed E-state index contributed by atoms with van der Waals surface area (Å²) in [4.78, 5) is 11.9. The molecule has 6 nitrogen and oxygen atoms in total. The lowest BCUT2D eigenvalue weighted by molar-refractivity contribution is 0.406. The van der Waals surface area contributed by atoms with E-state index in [1.54, 1.807) is 30.3 Å². The van der Waals surface area contributed by atoms with Gasteiger partial charge < -0.3 is 14.9 Å². The molecule has 0 fully saturated rings. The van der Waals surface area contributed by atoms with Crippen molar-refractivity contribution in [1.29, 1.82) is 10.5 Å². The lowest BCUT2D eigenvalue weighted by Gasteiger charge is -2.05. The van der Waals surface area contributed by atoms with Crippen LogP contribution in [-0.2, 0) is 0 Å². The average Bonchev–Trinajstić information content (AvgIpc) is 2.47. The van der Waals surface area contributed by atoms with Gasteiger partial charge in [0.1, 0.15) is 12.1 Å². The third-order valence-electron chi connectivity index (χ3n) is 2.73. The highest BCUT2D eigenvalue weighted by Crippen LogP contribution is 2.25. The second-order valence-electron chi connectivity index (χ2n) is 3.84. The van der Waals surface area contributed by atoms with Gasteiger partial charge in [-0.3, -0.25) is 0 Å². The Morgan fingerprint density at radius 1 is 1.35 bits per heavy atom. The van der Waals surface area contributed by atoms with Gasteiger partial charge in [0.25, 0.3) is 0 Å². The Balaban J connectivity index is 2.80. The highest BCUT2D eigenvalue weighted by molar-refractivity contribution is 5.86. The maximum absolute atomic E-state index is 11.9. The molecular formula is C14H9N3O3. The van der Waals surface area contributed by atoms with Crippen LogP contribution in [0.1, 0.15) is 5.56 Å². The number of nitrogens with two attached hydrogens (primary N) is 1. The zero-order valence-electron chi connectivity index (χ0n) is 10.5. The third kappa shape index (κ3) is 2.06. The Hall–Kier alpha value is -3.25. The van der Waals surface area contributed by atoms with Gasteiger partial charge in [-0.05, 0) is 12.1 Å². The number of allylic oxidation sites excluding steroid dienone is 1. The number of fused-ring (bicyclic) bond motifs is 1. The fourth-order valence-corrected chi connectivity index (χ4v) is 1.75. The first-order valence-corrected chi connectivity index (χ1v) is 5.53. The van der Waals surface area contributed by atoms with Crippen LogP contribution in [-0.4, -0.2) is 7.11 Å². The first-order chi connectivity index (χ1) is 9.62. The summed E-state index contributed by atoms with van der Waals surface area (Å²) in [5.41, 5.74) is 4.66. The van der Waals surface area contributed by atoms with E-state index in [1.165, 1.54) is 13.2 Å². The van der Waals surface area contributed by atoms with Gasteiger partial charge in [-0.1, -0.05) is 12.1 Å². The molecule has 0 amide bonds. The monoisotopic (exact) mass is 267 g/mol. The molecule has 98 valence electrons. The first kappa shape index (κ1) is 13.2. The number of methoxy groups -OCH3 is 1. The Labute approximate surface area is 113 Å². The SMILES string of the molecule is COc1cccc2cc(C(N)=C(C#N)C#N)c(=O)oc12. The van der Waals surface area contributed by atoms with Crippen LogP contribution in [0, 0.1) is 22.7 Å². The molecule has 2 aromatic rings. The number of para-hydroxylation sites is 1. The summed E-state index contributed by atoms with van der Waals surface area (Å²) in [6.07, 6.45) is 0. The summed E-state index contributed by atoms with van der Waals surface area (Å²) in [6.45, 7) is 0. The lowest BCUT2D eigenvalue weighted by Crippen LogP contribution is -2.12. The van der Waals surface area contributed by atoms with Crippen LogP contribution in [0.3, 0.4) is 0 Å². The Morgan fingerprint density at radius 2 is 2.05 bits per heavy atom. The topological polar surface area (TPSA) is 113 Å². The molecule has 0 aliphatic carbocycles. The molecule has 6 heteroatoms. The minimum Gasteiger partial charge on any atom is -0.493 e. The predicted octanol–water partition coefficient (Wildman–Crippen LogP) is 1.52. The normalized spacial score (nSPS) is 9.55. The molecule has 1 heterocycles. The van der Waals surface area contributed by atoms with Gasteiger partial charge in [0, 0.05) is 5.39 Å². The first-order valence-electron chi connectivity index (χ1n) is 5.53. The van der Waals surface area contributed by atoms with E-state index in [1.807, 2.05) is 0 Å². The highest BCUT2D eigenvalue weighted by Gasteiger charge is 2.14. The van der Waals surface area contributed by atoms with Crippen LogP contribution in [0.2, 0.25) is 0 Å². The quantitative estimate of drug-likeness (QED) is 0.651. The standard InChI is InChI=1S/C14H9N3O3/c1-19-11-4-2-3-8-5-10(14(18)20-13(8)11)12(17)9(6-15)7-16/h2-5H,17H2,1H3. The number of hydrogen-bond acceptors (Lipinski definition) is 6. The van der Waals surface area contributed by atoms with Crippen molar-refractivity contribution in [2.24, 2.45) is 5.73 Å². The Morgan fingerprint density at radius 3 is 2.65 bits per heavy atom. The Kier molecular flexibility index (Phi) is 3.41. The van der Waals surface area contributed by atoms with Gasteiger partial charge in [-0.25, -0.2) is 4.79 Å². The molecule has 0 bridgehead atoms.